The Morgan fingerprint density at radius 3 is 2.34 bits per heavy atom. The number of halogens is 3. The van der Waals surface area contributed by atoms with Crippen molar-refractivity contribution in [2.45, 2.75) is 39.4 Å². The molecule has 0 heterocycles. The summed E-state index contributed by atoms with van der Waals surface area (Å²) < 4.78 is 6.52. The number of amides is 2. The van der Waals surface area contributed by atoms with Gasteiger partial charge in [-0.05, 0) is 56.7 Å². The van der Waals surface area contributed by atoms with Crippen LogP contribution in [0.25, 0.3) is 0 Å². The normalized spacial score (nSPS) is 11.8. The molecule has 0 saturated heterocycles. The number of carbonyl (C=O) groups is 2. The number of nitrogens with zero attached hydrogens (tertiary/aromatic N) is 1. The average Bonchev–Trinajstić information content (AvgIpc) is 2.65. The largest absolute Gasteiger partial charge is 0.482 e. The third-order valence-corrected chi connectivity index (χ3v) is 5.17. The summed E-state index contributed by atoms with van der Waals surface area (Å²) in [6.45, 7) is 5.46. The molecule has 0 saturated carbocycles. The molecule has 1 atom stereocenters. The van der Waals surface area contributed by atoms with E-state index in [2.05, 4.69) is 21.2 Å². The average molecular weight is 502 g/mol. The summed E-state index contributed by atoms with van der Waals surface area (Å²) in [6.07, 6.45) is 0. The fourth-order valence-electron chi connectivity index (χ4n) is 2.59. The minimum atomic E-state index is -0.669. The Morgan fingerprint density at radius 1 is 1.10 bits per heavy atom. The Hall–Kier alpha value is -1.76. The summed E-state index contributed by atoms with van der Waals surface area (Å²) in [5.41, 5.74) is 0.898. The monoisotopic (exact) mass is 500 g/mol. The quantitative estimate of drug-likeness (QED) is 0.548. The lowest BCUT2D eigenvalue weighted by Crippen LogP contribution is -2.50. The molecule has 0 aliphatic carbocycles. The van der Waals surface area contributed by atoms with Gasteiger partial charge in [0.15, 0.2) is 6.61 Å². The molecule has 0 aliphatic rings. The Labute approximate surface area is 189 Å². The fourth-order valence-corrected chi connectivity index (χ4v) is 3.32. The van der Waals surface area contributed by atoms with E-state index in [0.29, 0.717) is 15.8 Å². The van der Waals surface area contributed by atoms with Crippen molar-refractivity contribution in [2.24, 2.45) is 0 Å². The molecule has 2 amide bonds. The van der Waals surface area contributed by atoms with Crippen molar-refractivity contribution in [3.05, 3.63) is 62.5 Å². The minimum absolute atomic E-state index is 0.0290. The van der Waals surface area contributed by atoms with Crippen LogP contribution in [0.5, 0.6) is 5.75 Å². The molecule has 0 bridgehead atoms. The zero-order valence-electron chi connectivity index (χ0n) is 16.4. The van der Waals surface area contributed by atoms with Crippen molar-refractivity contribution in [3.63, 3.8) is 0 Å². The van der Waals surface area contributed by atoms with E-state index in [4.69, 9.17) is 27.9 Å². The van der Waals surface area contributed by atoms with Gasteiger partial charge in [-0.25, -0.2) is 0 Å². The highest BCUT2D eigenvalue weighted by Crippen LogP contribution is 2.27. The van der Waals surface area contributed by atoms with Gasteiger partial charge in [-0.15, -0.1) is 0 Å². The van der Waals surface area contributed by atoms with Crippen LogP contribution < -0.4 is 10.1 Å². The number of rotatable bonds is 8. The first kappa shape index (κ1) is 23.5. The van der Waals surface area contributed by atoms with Gasteiger partial charge in [0.05, 0.1) is 5.02 Å². The van der Waals surface area contributed by atoms with Crippen molar-refractivity contribution in [1.29, 1.82) is 0 Å². The summed E-state index contributed by atoms with van der Waals surface area (Å²) >= 11 is 15.4. The van der Waals surface area contributed by atoms with E-state index < -0.39 is 6.04 Å². The Kier molecular flexibility index (Phi) is 8.80. The van der Waals surface area contributed by atoms with Gasteiger partial charge < -0.3 is 15.0 Å². The first-order valence-electron chi connectivity index (χ1n) is 9.09. The lowest BCUT2D eigenvalue weighted by atomic mass is 10.1. The molecule has 0 spiro atoms. The van der Waals surface area contributed by atoms with Crippen LogP contribution >= 0.6 is 39.1 Å². The van der Waals surface area contributed by atoms with Crippen LogP contribution in [0.15, 0.2) is 46.9 Å². The van der Waals surface area contributed by atoms with E-state index in [1.165, 1.54) is 4.90 Å². The molecule has 5 nitrogen and oxygen atoms in total. The van der Waals surface area contributed by atoms with Gasteiger partial charge >= 0.3 is 0 Å². The number of hydrogen-bond acceptors (Lipinski definition) is 3. The van der Waals surface area contributed by atoms with Crippen LogP contribution in [0, 0.1) is 0 Å². The van der Waals surface area contributed by atoms with E-state index in [-0.39, 0.29) is 31.0 Å². The standard InChI is InChI=1S/C21H23BrCl2N2O3/c1-13(2)25-21(28)14(3)26(11-15-4-6-16(22)7-5-15)20(27)12-29-19-9-8-17(23)10-18(19)24/h4-10,13-14H,11-12H2,1-3H3,(H,25,28)/t14-/m0/s1. The number of carbonyl (C=O) groups excluding carboxylic acids is 2. The van der Waals surface area contributed by atoms with E-state index in [1.54, 1.807) is 25.1 Å². The van der Waals surface area contributed by atoms with Crippen LogP contribution in [0.1, 0.15) is 26.3 Å². The van der Waals surface area contributed by atoms with Crippen LogP contribution in [0.3, 0.4) is 0 Å². The summed E-state index contributed by atoms with van der Waals surface area (Å²) in [6, 6.07) is 11.7. The van der Waals surface area contributed by atoms with Crippen LogP contribution in [0.4, 0.5) is 0 Å². The number of ether oxygens (including phenoxy) is 1. The summed E-state index contributed by atoms with van der Waals surface area (Å²) in [5, 5.41) is 3.64. The second kappa shape index (κ2) is 10.9. The van der Waals surface area contributed by atoms with Gasteiger partial charge in [-0.3, -0.25) is 9.59 Å². The number of hydrogen-bond donors (Lipinski definition) is 1. The highest BCUT2D eigenvalue weighted by Gasteiger charge is 2.27. The van der Waals surface area contributed by atoms with Gasteiger partial charge in [-0.2, -0.15) is 0 Å². The number of benzene rings is 2. The van der Waals surface area contributed by atoms with E-state index >= 15 is 0 Å². The Balaban J connectivity index is 2.16. The van der Waals surface area contributed by atoms with Gasteiger partial charge in [0.1, 0.15) is 11.8 Å². The highest BCUT2D eigenvalue weighted by atomic mass is 79.9. The molecule has 1 N–H and O–H groups in total. The van der Waals surface area contributed by atoms with Crippen LogP contribution in [-0.2, 0) is 16.1 Å². The fraction of sp³-hybridized carbons (Fsp3) is 0.333. The molecular formula is C21H23BrCl2N2O3. The molecule has 29 heavy (non-hydrogen) atoms. The smallest absolute Gasteiger partial charge is 0.261 e. The first-order chi connectivity index (χ1) is 13.7. The van der Waals surface area contributed by atoms with Crippen molar-refractivity contribution in [2.75, 3.05) is 6.61 Å². The van der Waals surface area contributed by atoms with E-state index in [1.807, 2.05) is 38.1 Å². The molecule has 0 fully saturated rings. The maximum atomic E-state index is 12.9. The predicted molar refractivity (Wildman–Crippen MR) is 119 cm³/mol. The van der Waals surface area contributed by atoms with Gasteiger partial charge in [0.25, 0.3) is 5.91 Å². The molecule has 2 rings (SSSR count). The summed E-state index contributed by atoms with van der Waals surface area (Å²) in [4.78, 5) is 27.0. The van der Waals surface area contributed by atoms with Crippen LogP contribution in [-0.4, -0.2) is 35.4 Å². The SMILES string of the molecule is CC(C)NC(=O)[C@H](C)N(Cc1ccc(Br)cc1)C(=O)COc1ccc(Cl)cc1Cl. The molecule has 2 aromatic rings. The van der Waals surface area contributed by atoms with Crippen molar-refractivity contribution >= 4 is 50.9 Å². The zero-order chi connectivity index (χ0) is 21.6. The molecule has 156 valence electrons. The van der Waals surface area contributed by atoms with Crippen LogP contribution in [0.2, 0.25) is 10.0 Å². The van der Waals surface area contributed by atoms with Crippen molar-refractivity contribution in [1.82, 2.24) is 10.2 Å². The second-order valence-corrected chi connectivity index (χ2v) is 8.61. The second-order valence-electron chi connectivity index (χ2n) is 6.85. The van der Waals surface area contributed by atoms with Gasteiger partial charge in [0, 0.05) is 22.1 Å². The zero-order valence-corrected chi connectivity index (χ0v) is 19.5. The third-order valence-electron chi connectivity index (χ3n) is 4.11. The summed E-state index contributed by atoms with van der Waals surface area (Å²) in [7, 11) is 0. The highest BCUT2D eigenvalue weighted by molar-refractivity contribution is 9.10. The van der Waals surface area contributed by atoms with Gasteiger partial charge in [-0.1, -0.05) is 51.3 Å². The topological polar surface area (TPSA) is 58.6 Å². The molecule has 0 aromatic heterocycles. The van der Waals surface area contributed by atoms with Crippen molar-refractivity contribution < 1.29 is 14.3 Å². The maximum absolute atomic E-state index is 12.9. The molecule has 0 radical (unpaired) electrons. The molecule has 0 unspecified atom stereocenters. The van der Waals surface area contributed by atoms with Gasteiger partial charge in [0.2, 0.25) is 5.91 Å². The molecule has 2 aromatic carbocycles. The summed E-state index contributed by atoms with van der Waals surface area (Å²) in [5.74, 6) is -0.201. The lowest BCUT2D eigenvalue weighted by Gasteiger charge is -2.29. The third kappa shape index (κ3) is 7.21. The number of nitrogens with one attached hydrogen (secondary N) is 1. The lowest BCUT2D eigenvalue weighted by molar-refractivity contribution is -0.142. The molecule has 0 aliphatic heterocycles. The minimum Gasteiger partial charge on any atom is -0.482 e. The first-order valence-corrected chi connectivity index (χ1v) is 10.6. The predicted octanol–water partition coefficient (Wildman–Crippen LogP) is 5.08. The Morgan fingerprint density at radius 2 is 1.76 bits per heavy atom. The van der Waals surface area contributed by atoms with Crippen molar-refractivity contribution in [3.8, 4) is 5.75 Å². The molecular weight excluding hydrogens is 479 g/mol. The van der Waals surface area contributed by atoms with E-state index in [9.17, 15) is 9.59 Å². The maximum Gasteiger partial charge on any atom is 0.261 e. The molecule has 8 heteroatoms. The van der Waals surface area contributed by atoms with E-state index in [0.717, 1.165) is 10.0 Å². The Bertz CT molecular complexity index is 860.